The van der Waals surface area contributed by atoms with Crippen molar-refractivity contribution in [1.82, 2.24) is 9.38 Å². The summed E-state index contributed by atoms with van der Waals surface area (Å²) in [5, 5.41) is 0.682. The van der Waals surface area contributed by atoms with Crippen LogP contribution in [0, 0.1) is 5.82 Å². The SMILES string of the molecule is Fc1cccc(Cc2c(-c3ccc(Cl)cc3)nc3ccc(Br)cn23)c1. The van der Waals surface area contributed by atoms with E-state index >= 15 is 0 Å². The molecular formula is C20H13BrClFN2. The van der Waals surface area contributed by atoms with Crippen LogP contribution in [-0.2, 0) is 6.42 Å². The highest BCUT2D eigenvalue weighted by molar-refractivity contribution is 9.10. The van der Waals surface area contributed by atoms with E-state index in [0.29, 0.717) is 11.4 Å². The minimum absolute atomic E-state index is 0.236. The van der Waals surface area contributed by atoms with Gasteiger partial charge in [-0.3, -0.25) is 0 Å². The molecule has 0 radical (unpaired) electrons. The van der Waals surface area contributed by atoms with E-state index in [9.17, 15) is 4.39 Å². The van der Waals surface area contributed by atoms with Crippen molar-refractivity contribution in [2.24, 2.45) is 0 Å². The van der Waals surface area contributed by atoms with E-state index in [4.69, 9.17) is 16.6 Å². The molecule has 2 aromatic heterocycles. The number of fused-ring (bicyclic) bond motifs is 1. The lowest BCUT2D eigenvalue weighted by Gasteiger charge is -2.07. The van der Waals surface area contributed by atoms with E-state index in [0.717, 1.165) is 32.6 Å². The van der Waals surface area contributed by atoms with Gasteiger partial charge in [-0.15, -0.1) is 0 Å². The van der Waals surface area contributed by atoms with Gasteiger partial charge in [-0.2, -0.15) is 0 Å². The van der Waals surface area contributed by atoms with Crippen LogP contribution in [0.3, 0.4) is 0 Å². The van der Waals surface area contributed by atoms with Gasteiger partial charge in [-0.1, -0.05) is 35.9 Å². The Bertz CT molecular complexity index is 1060. The van der Waals surface area contributed by atoms with Gasteiger partial charge in [0.2, 0.25) is 0 Å². The molecule has 2 aromatic carbocycles. The van der Waals surface area contributed by atoms with Gasteiger partial charge in [0.25, 0.3) is 0 Å². The number of halogens is 3. The summed E-state index contributed by atoms with van der Waals surface area (Å²) >= 11 is 9.52. The normalized spacial score (nSPS) is 11.2. The largest absolute Gasteiger partial charge is 0.302 e. The Morgan fingerprint density at radius 3 is 2.60 bits per heavy atom. The molecule has 0 atom stereocenters. The third-order valence-corrected chi connectivity index (χ3v) is 4.78. The van der Waals surface area contributed by atoms with E-state index in [2.05, 4.69) is 15.9 Å². The van der Waals surface area contributed by atoms with Crippen molar-refractivity contribution in [3.63, 3.8) is 0 Å². The van der Waals surface area contributed by atoms with Crippen molar-refractivity contribution in [3.05, 3.63) is 93.4 Å². The Balaban J connectivity index is 1.91. The predicted molar refractivity (Wildman–Crippen MR) is 103 cm³/mol. The number of benzene rings is 2. The molecule has 0 fully saturated rings. The van der Waals surface area contributed by atoms with Crippen molar-refractivity contribution in [3.8, 4) is 11.3 Å². The zero-order chi connectivity index (χ0) is 17.4. The second-order valence-electron chi connectivity index (χ2n) is 5.80. The van der Waals surface area contributed by atoms with Crippen molar-refractivity contribution < 1.29 is 4.39 Å². The maximum atomic E-state index is 13.6. The summed E-state index contributed by atoms with van der Waals surface area (Å²) in [4.78, 5) is 4.78. The van der Waals surface area contributed by atoms with E-state index in [1.807, 2.05) is 53.1 Å². The number of nitrogens with zero attached hydrogens (tertiary/aromatic N) is 2. The fraction of sp³-hybridized carbons (Fsp3) is 0.0500. The second kappa shape index (κ2) is 6.62. The fourth-order valence-corrected chi connectivity index (χ4v) is 3.38. The van der Waals surface area contributed by atoms with Crippen molar-refractivity contribution in [1.29, 1.82) is 0 Å². The van der Waals surface area contributed by atoms with Crippen LogP contribution in [-0.4, -0.2) is 9.38 Å². The number of aromatic nitrogens is 2. The summed E-state index contributed by atoms with van der Waals surface area (Å²) in [7, 11) is 0. The topological polar surface area (TPSA) is 17.3 Å². The molecule has 0 aliphatic carbocycles. The maximum Gasteiger partial charge on any atom is 0.137 e. The highest BCUT2D eigenvalue weighted by Crippen LogP contribution is 2.28. The van der Waals surface area contributed by atoms with Crippen LogP contribution in [0.2, 0.25) is 5.02 Å². The van der Waals surface area contributed by atoms with Crippen LogP contribution in [0.1, 0.15) is 11.3 Å². The Labute approximate surface area is 158 Å². The molecule has 124 valence electrons. The first kappa shape index (κ1) is 16.3. The summed E-state index contributed by atoms with van der Waals surface area (Å²) in [5.74, 6) is -0.236. The standard InChI is InChI=1S/C20H13BrClFN2/c21-15-6-9-19-24-20(14-4-7-16(22)8-5-14)18(25(19)12-15)11-13-2-1-3-17(23)10-13/h1-10,12H,11H2. The minimum atomic E-state index is -0.236. The fourth-order valence-electron chi connectivity index (χ4n) is 2.92. The number of hydrogen-bond donors (Lipinski definition) is 0. The number of pyridine rings is 1. The van der Waals surface area contributed by atoms with E-state index < -0.39 is 0 Å². The Morgan fingerprint density at radius 1 is 1.04 bits per heavy atom. The summed E-state index contributed by atoms with van der Waals surface area (Å²) in [5.41, 5.74) is 4.61. The molecule has 25 heavy (non-hydrogen) atoms. The van der Waals surface area contributed by atoms with Gasteiger partial charge in [0.05, 0.1) is 11.4 Å². The lowest BCUT2D eigenvalue weighted by Crippen LogP contribution is -1.97. The zero-order valence-corrected chi connectivity index (χ0v) is 15.4. The highest BCUT2D eigenvalue weighted by atomic mass is 79.9. The van der Waals surface area contributed by atoms with Crippen LogP contribution in [0.25, 0.3) is 16.9 Å². The summed E-state index contributed by atoms with van der Waals surface area (Å²) < 4.78 is 16.6. The third kappa shape index (κ3) is 3.32. The average Bonchev–Trinajstić information content (AvgIpc) is 2.93. The van der Waals surface area contributed by atoms with Gasteiger partial charge in [0.1, 0.15) is 11.5 Å². The molecule has 5 heteroatoms. The quantitative estimate of drug-likeness (QED) is 0.392. The molecule has 4 rings (SSSR count). The molecule has 0 saturated carbocycles. The number of rotatable bonds is 3. The molecule has 0 bridgehead atoms. The van der Waals surface area contributed by atoms with Crippen LogP contribution < -0.4 is 0 Å². The Morgan fingerprint density at radius 2 is 1.84 bits per heavy atom. The third-order valence-electron chi connectivity index (χ3n) is 4.06. The molecule has 0 saturated heterocycles. The lowest BCUT2D eigenvalue weighted by atomic mass is 10.0. The zero-order valence-electron chi connectivity index (χ0n) is 13.1. The van der Waals surface area contributed by atoms with Gasteiger partial charge < -0.3 is 4.40 Å². The molecular weight excluding hydrogens is 403 g/mol. The first-order chi connectivity index (χ1) is 12.1. The van der Waals surface area contributed by atoms with Gasteiger partial charge in [0, 0.05) is 27.7 Å². The molecule has 2 nitrogen and oxygen atoms in total. The molecule has 0 unspecified atom stereocenters. The number of imidazole rings is 1. The number of hydrogen-bond acceptors (Lipinski definition) is 1. The smallest absolute Gasteiger partial charge is 0.137 e. The van der Waals surface area contributed by atoms with Gasteiger partial charge in [-0.25, -0.2) is 9.37 Å². The van der Waals surface area contributed by atoms with Gasteiger partial charge >= 0.3 is 0 Å². The predicted octanol–water partition coefficient (Wildman–Crippen LogP) is 6.15. The van der Waals surface area contributed by atoms with E-state index in [1.165, 1.54) is 6.07 Å². The first-order valence-electron chi connectivity index (χ1n) is 7.77. The summed E-state index contributed by atoms with van der Waals surface area (Å²) in [6, 6.07) is 18.2. The first-order valence-corrected chi connectivity index (χ1v) is 8.94. The van der Waals surface area contributed by atoms with E-state index in [-0.39, 0.29) is 5.82 Å². The molecule has 4 aromatic rings. The van der Waals surface area contributed by atoms with Crippen molar-refractivity contribution in [2.45, 2.75) is 6.42 Å². The molecule has 0 amide bonds. The summed E-state index contributed by atoms with van der Waals surface area (Å²) in [6.07, 6.45) is 2.56. The minimum Gasteiger partial charge on any atom is -0.302 e. The monoisotopic (exact) mass is 414 g/mol. The van der Waals surface area contributed by atoms with Gasteiger partial charge in [0.15, 0.2) is 0 Å². The summed E-state index contributed by atoms with van der Waals surface area (Å²) in [6.45, 7) is 0. The lowest BCUT2D eigenvalue weighted by molar-refractivity contribution is 0.626. The van der Waals surface area contributed by atoms with Crippen LogP contribution >= 0.6 is 27.5 Å². The van der Waals surface area contributed by atoms with Crippen LogP contribution in [0.4, 0.5) is 4.39 Å². The van der Waals surface area contributed by atoms with Gasteiger partial charge in [-0.05, 0) is 57.9 Å². The van der Waals surface area contributed by atoms with Crippen molar-refractivity contribution in [2.75, 3.05) is 0 Å². The molecule has 0 aliphatic rings. The Hall–Kier alpha value is -2.17. The van der Waals surface area contributed by atoms with Crippen LogP contribution in [0.15, 0.2) is 71.3 Å². The van der Waals surface area contributed by atoms with E-state index in [1.54, 1.807) is 12.1 Å². The molecule has 0 spiro atoms. The average molecular weight is 416 g/mol. The second-order valence-corrected chi connectivity index (χ2v) is 7.15. The molecule has 2 heterocycles. The molecule has 0 aliphatic heterocycles. The van der Waals surface area contributed by atoms with Crippen molar-refractivity contribution >= 4 is 33.2 Å². The molecule has 0 N–H and O–H groups in total. The highest BCUT2D eigenvalue weighted by Gasteiger charge is 2.15. The maximum absolute atomic E-state index is 13.6. The van der Waals surface area contributed by atoms with Crippen LogP contribution in [0.5, 0.6) is 0 Å². The Kier molecular flexibility index (Phi) is 4.32.